The van der Waals surface area contributed by atoms with Crippen molar-refractivity contribution in [2.45, 2.75) is 13.6 Å². The molecule has 3 aliphatic rings. The van der Waals surface area contributed by atoms with Crippen LogP contribution in [0.15, 0.2) is 79.1 Å². The predicted octanol–water partition coefficient (Wildman–Crippen LogP) is 3.61. The summed E-state index contributed by atoms with van der Waals surface area (Å²) in [5, 5.41) is 5.01. The standard InChI is InChI=1S/C10H12BN3.C8H6BN3.C7H4F2N4.3Ir/c1-11(2)14-8-7-13(9-14)10-3-5-12-6-4-10;9-12-5-4-11(7-12)8-2-1-3-10-6-8;8-6-1-2-7(10-3-6)13-5-12(9)4-11-13;;;/h3,5-9H,1-2H3;1,3-7H;1,3-5H;;;/q3*-2;;;. The first kappa shape index (κ1) is 37.4. The number of halogens is 2. The van der Waals surface area contributed by atoms with Gasteiger partial charge in [-0.2, -0.15) is 48.4 Å². The van der Waals surface area contributed by atoms with Gasteiger partial charge in [-0.25, -0.2) is 12.1 Å². The molecule has 0 saturated carbocycles. The van der Waals surface area contributed by atoms with Crippen LogP contribution in [0.1, 0.15) is 0 Å². The fourth-order valence-corrected chi connectivity index (χ4v) is 3.09. The van der Waals surface area contributed by atoms with Gasteiger partial charge in [-0.1, -0.05) is 50.8 Å². The first-order chi connectivity index (χ1) is 18.9. The van der Waals surface area contributed by atoms with E-state index in [1.807, 2.05) is 28.3 Å². The maximum absolute atomic E-state index is 12.4. The van der Waals surface area contributed by atoms with E-state index in [-0.39, 0.29) is 71.3 Å². The van der Waals surface area contributed by atoms with Crippen molar-refractivity contribution in [2.24, 2.45) is 5.10 Å². The van der Waals surface area contributed by atoms with Gasteiger partial charge in [-0.15, -0.1) is 4.48 Å². The van der Waals surface area contributed by atoms with Crippen LogP contribution in [-0.4, -0.2) is 50.9 Å². The van der Waals surface area contributed by atoms with Crippen LogP contribution in [0.5, 0.6) is 0 Å². The zero-order valence-electron chi connectivity index (χ0n) is 22.1. The van der Waals surface area contributed by atoms with Gasteiger partial charge < -0.3 is 43.9 Å². The summed E-state index contributed by atoms with van der Waals surface area (Å²) in [6.07, 6.45) is 16.5. The molecule has 6 rings (SSSR count). The molecule has 42 heavy (non-hydrogen) atoms. The third-order valence-electron chi connectivity index (χ3n) is 5.03. The first-order valence-electron chi connectivity index (χ1n) is 11.6. The molecule has 3 aliphatic heterocycles. The van der Waals surface area contributed by atoms with Gasteiger partial charge in [-0.05, 0) is 36.8 Å². The summed E-state index contributed by atoms with van der Waals surface area (Å²) in [5.41, 5.74) is 1.89. The van der Waals surface area contributed by atoms with Crippen molar-refractivity contribution in [1.29, 1.82) is 0 Å². The summed E-state index contributed by atoms with van der Waals surface area (Å²) in [6.45, 7) is 9.64. The van der Waals surface area contributed by atoms with Gasteiger partial charge >= 0.3 is 0 Å². The molecule has 6 heterocycles. The molecule has 0 spiro atoms. The number of pyridine rings is 3. The number of hydrogen-bond acceptors (Lipinski definition) is 10. The van der Waals surface area contributed by atoms with E-state index in [2.05, 4.69) is 69.6 Å². The van der Waals surface area contributed by atoms with E-state index in [9.17, 15) is 8.87 Å². The van der Waals surface area contributed by atoms with Gasteiger partial charge in [0.05, 0.1) is 0 Å². The van der Waals surface area contributed by atoms with Crippen molar-refractivity contribution >= 4 is 38.4 Å². The molecule has 0 aromatic carbocycles. The number of hydrazone groups is 1. The molecule has 0 N–H and O–H groups in total. The Morgan fingerprint density at radius 2 is 1.64 bits per heavy atom. The summed E-state index contributed by atoms with van der Waals surface area (Å²) < 4.78 is 24.8. The Morgan fingerprint density at radius 3 is 2.17 bits per heavy atom. The molecule has 3 aromatic rings. The molecule has 0 bridgehead atoms. The zero-order valence-corrected chi connectivity index (χ0v) is 29.3. The Bertz CT molecular complexity index is 1260. The number of rotatable bonds is 4. The smallest absolute Gasteiger partial charge is 0.218 e. The van der Waals surface area contributed by atoms with Crippen LogP contribution in [-0.2, 0) is 60.3 Å². The maximum atomic E-state index is 12.4. The van der Waals surface area contributed by atoms with Crippen LogP contribution in [0, 0.1) is 44.0 Å². The molecule has 3 aromatic heterocycles. The van der Waals surface area contributed by atoms with E-state index in [0.29, 0.717) is 6.85 Å². The summed E-state index contributed by atoms with van der Waals surface area (Å²) in [7, 11) is 5.48. The van der Waals surface area contributed by atoms with Gasteiger partial charge in [0.1, 0.15) is 6.34 Å². The molecule has 10 nitrogen and oxygen atoms in total. The predicted molar refractivity (Wildman–Crippen MR) is 146 cm³/mol. The first-order valence-corrected chi connectivity index (χ1v) is 11.6. The normalized spacial score (nSPS) is 14.3. The fourth-order valence-electron chi connectivity index (χ4n) is 3.09. The molecular weight excluding hydrogens is 1080 g/mol. The van der Waals surface area contributed by atoms with Gasteiger partial charge in [0.25, 0.3) is 0 Å². The second kappa shape index (κ2) is 18.8. The zero-order chi connectivity index (χ0) is 27.6. The monoisotopic (exact) mass is 1100 g/mol. The molecule has 5 radical (unpaired) electrons. The molecule has 0 fully saturated rings. The van der Waals surface area contributed by atoms with Crippen molar-refractivity contribution < 1.29 is 69.2 Å². The Kier molecular flexibility index (Phi) is 16.7. The molecular formula is C25H22B2F2Ir3N10-6. The number of nitrogens with zero attached hydrogens (tertiary/aromatic N) is 10. The minimum absolute atomic E-state index is 0. The number of aromatic nitrogens is 3. The second-order valence-electron chi connectivity index (χ2n) is 8.17. The summed E-state index contributed by atoms with van der Waals surface area (Å²) in [5.74, 6) is -0.262. The average Bonchev–Trinajstić information content (AvgIpc) is 3.72. The van der Waals surface area contributed by atoms with Crippen LogP contribution in [0.2, 0.25) is 13.6 Å². The SMILES string of the molecule is CB(C)N1C=CN(c2[c-]cncc2)[CH-]1.Fc1c[c-]c(N2[CH-]N(F)C=N2)nc1.[B]N1C=CN(c2[c-]ccnc2)[CH-]1.[Ir].[Ir].[Ir]. The van der Waals surface area contributed by atoms with Gasteiger partial charge in [0, 0.05) is 66.1 Å². The minimum Gasteiger partial charge on any atom is -0.561 e. The van der Waals surface area contributed by atoms with Crippen molar-refractivity contribution in [2.75, 3.05) is 14.8 Å². The number of hydrogen-bond donors (Lipinski definition) is 0. The Labute approximate surface area is 287 Å². The van der Waals surface area contributed by atoms with Crippen molar-refractivity contribution in [3.8, 4) is 0 Å². The maximum Gasteiger partial charge on any atom is 0.218 e. The average molecular weight is 1100 g/mol. The molecule has 0 amide bonds. The Hall–Kier alpha value is -2.66. The molecule has 17 heteroatoms. The summed E-state index contributed by atoms with van der Waals surface area (Å²) >= 11 is 0. The Morgan fingerprint density at radius 1 is 0.881 bits per heavy atom. The third kappa shape index (κ3) is 11.2. The van der Waals surface area contributed by atoms with Gasteiger partial charge in [-0.3, -0.25) is 4.98 Å². The van der Waals surface area contributed by atoms with Gasteiger partial charge in [0.15, 0.2) is 7.98 Å². The second-order valence-corrected chi connectivity index (χ2v) is 8.17. The fraction of sp³-hybridized carbons (Fsp3) is 0.0800. The minimum atomic E-state index is -0.496. The van der Waals surface area contributed by atoms with Crippen molar-refractivity contribution in [1.82, 2.24) is 29.7 Å². The van der Waals surface area contributed by atoms with E-state index in [4.69, 9.17) is 7.98 Å². The topological polar surface area (TPSA) is 70.5 Å². The largest absolute Gasteiger partial charge is 0.561 e. The molecule has 225 valence electrons. The van der Waals surface area contributed by atoms with Crippen molar-refractivity contribution in [3.05, 3.63) is 118 Å². The van der Waals surface area contributed by atoms with Gasteiger partial charge in [0.2, 0.25) is 6.85 Å². The molecule has 0 unspecified atom stereocenters. The van der Waals surface area contributed by atoms with Crippen LogP contribution < -0.4 is 14.8 Å². The summed E-state index contributed by atoms with van der Waals surface area (Å²) in [4.78, 5) is 19.0. The Balaban J connectivity index is 0.000000305. The van der Waals surface area contributed by atoms with Crippen LogP contribution in [0.25, 0.3) is 0 Å². The van der Waals surface area contributed by atoms with E-state index in [0.717, 1.165) is 41.7 Å². The van der Waals surface area contributed by atoms with Crippen molar-refractivity contribution in [3.63, 3.8) is 0 Å². The molecule has 0 atom stereocenters. The quantitative estimate of drug-likeness (QED) is 0.222. The van der Waals surface area contributed by atoms with Crippen LogP contribution in [0.3, 0.4) is 0 Å². The number of anilines is 3. The van der Waals surface area contributed by atoms with E-state index >= 15 is 0 Å². The van der Waals surface area contributed by atoms with E-state index < -0.39 is 5.82 Å². The summed E-state index contributed by atoms with van der Waals surface area (Å²) in [6, 6.07) is 13.4. The van der Waals surface area contributed by atoms with E-state index in [1.165, 1.54) is 4.81 Å². The van der Waals surface area contributed by atoms with Crippen LogP contribution >= 0.6 is 0 Å². The molecule has 0 aliphatic carbocycles. The molecule has 0 saturated heterocycles. The third-order valence-corrected chi connectivity index (χ3v) is 5.03. The van der Waals surface area contributed by atoms with E-state index in [1.54, 1.807) is 43.7 Å². The van der Waals surface area contributed by atoms with Crippen LogP contribution in [0.4, 0.5) is 26.1 Å².